The van der Waals surface area contributed by atoms with Gasteiger partial charge in [-0.25, -0.2) is 8.42 Å². The summed E-state index contributed by atoms with van der Waals surface area (Å²) < 4.78 is 32.8. The Hall–Kier alpha value is -3.43. The lowest BCUT2D eigenvalue weighted by atomic mass is 9.81. The van der Waals surface area contributed by atoms with Crippen LogP contribution in [0.4, 0.5) is 0 Å². The van der Waals surface area contributed by atoms with Crippen molar-refractivity contribution in [1.82, 2.24) is 15.1 Å². The molecule has 1 N–H and O–H groups in total. The topological polar surface area (TPSA) is 99.9 Å². The standard InChI is InChI=1S/C33H41N3O5S/c1-22(2)35(4)26-15-16-30(25(19-26)21-42(39,40)27-13-9-6-10-14-27)36-18-17-29(33(36)38)34-32(37)28-20-31(41-23(28)3)24-11-7-5-8-12-24/h5-14,20,22,25-26,29-30H,15-19,21H2,1-4H3,(H,34,37)/t25-,26-,29+,30+/m1/s1. The number of amides is 2. The molecule has 1 aliphatic carbocycles. The molecule has 42 heavy (non-hydrogen) atoms. The zero-order valence-corrected chi connectivity index (χ0v) is 25.6. The fraction of sp³-hybridized carbons (Fsp3) is 0.455. The molecule has 4 atom stereocenters. The molecule has 2 amide bonds. The predicted molar refractivity (Wildman–Crippen MR) is 163 cm³/mol. The minimum Gasteiger partial charge on any atom is -0.461 e. The Labute approximate surface area is 249 Å². The van der Waals surface area contributed by atoms with Crippen LogP contribution in [0, 0.1) is 12.8 Å². The first-order valence-corrected chi connectivity index (χ1v) is 16.5. The van der Waals surface area contributed by atoms with Crippen molar-refractivity contribution in [1.29, 1.82) is 0 Å². The summed E-state index contributed by atoms with van der Waals surface area (Å²) in [5.74, 6) is 0.384. The van der Waals surface area contributed by atoms with E-state index in [9.17, 15) is 18.0 Å². The van der Waals surface area contributed by atoms with Crippen molar-refractivity contribution < 1.29 is 22.4 Å². The lowest BCUT2D eigenvalue weighted by Crippen LogP contribution is -2.53. The first-order chi connectivity index (χ1) is 20.0. The van der Waals surface area contributed by atoms with E-state index < -0.39 is 15.9 Å². The van der Waals surface area contributed by atoms with E-state index in [1.165, 1.54) is 0 Å². The largest absolute Gasteiger partial charge is 0.461 e. The Kier molecular flexibility index (Phi) is 8.89. The number of nitrogens with zero attached hydrogens (tertiary/aromatic N) is 2. The maximum absolute atomic E-state index is 13.7. The van der Waals surface area contributed by atoms with Crippen molar-refractivity contribution in [2.75, 3.05) is 19.3 Å². The SMILES string of the molecule is Cc1oc(-c2ccccc2)cc1C(=O)N[C@H]1CCN([C@H]2CC[C@@H](N(C)C(C)C)C[C@@H]2CS(=O)(=O)c2ccccc2)C1=O. The van der Waals surface area contributed by atoms with Gasteiger partial charge >= 0.3 is 0 Å². The Morgan fingerprint density at radius 2 is 1.71 bits per heavy atom. The number of rotatable bonds is 9. The van der Waals surface area contributed by atoms with Crippen LogP contribution >= 0.6 is 0 Å². The second-order valence-electron chi connectivity index (χ2n) is 11.9. The maximum Gasteiger partial charge on any atom is 0.255 e. The number of sulfone groups is 1. The molecule has 2 fully saturated rings. The number of aryl methyl sites for hydroxylation is 1. The number of carbonyl (C=O) groups excluding carboxylic acids is 2. The Morgan fingerprint density at radius 1 is 1.05 bits per heavy atom. The van der Waals surface area contributed by atoms with Gasteiger partial charge in [-0.05, 0) is 77.6 Å². The molecule has 0 spiro atoms. The number of hydrogen-bond donors (Lipinski definition) is 1. The zero-order chi connectivity index (χ0) is 30.0. The number of hydrogen-bond acceptors (Lipinski definition) is 6. The van der Waals surface area contributed by atoms with Crippen LogP contribution in [0.15, 0.2) is 76.0 Å². The van der Waals surface area contributed by atoms with Gasteiger partial charge < -0.3 is 19.5 Å². The number of furan rings is 1. The summed E-state index contributed by atoms with van der Waals surface area (Å²) in [6.07, 6.45) is 2.79. The average Bonchev–Trinajstić information content (AvgIpc) is 3.55. The van der Waals surface area contributed by atoms with Crippen LogP contribution < -0.4 is 5.32 Å². The molecule has 3 aromatic rings. The molecule has 5 rings (SSSR count). The van der Waals surface area contributed by atoms with Crippen LogP contribution in [0.1, 0.15) is 55.6 Å². The van der Waals surface area contributed by atoms with E-state index in [1.54, 1.807) is 43.3 Å². The van der Waals surface area contributed by atoms with Crippen LogP contribution in [0.3, 0.4) is 0 Å². The molecule has 1 aliphatic heterocycles. The van der Waals surface area contributed by atoms with Crippen molar-refractivity contribution in [3.05, 3.63) is 78.1 Å². The lowest BCUT2D eigenvalue weighted by Gasteiger charge is -2.44. The van der Waals surface area contributed by atoms with Crippen molar-refractivity contribution in [2.24, 2.45) is 5.92 Å². The predicted octanol–water partition coefficient (Wildman–Crippen LogP) is 4.94. The number of nitrogens with one attached hydrogen (secondary N) is 1. The van der Waals surface area contributed by atoms with E-state index in [0.717, 1.165) is 18.4 Å². The molecule has 2 aliphatic rings. The van der Waals surface area contributed by atoms with Crippen LogP contribution in [0.25, 0.3) is 11.3 Å². The summed E-state index contributed by atoms with van der Waals surface area (Å²) in [6, 6.07) is 19.6. The summed E-state index contributed by atoms with van der Waals surface area (Å²) in [7, 11) is -1.45. The van der Waals surface area contributed by atoms with Crippen LogP contribution in [-0.2, 0) is 14.6 Å². The van der Waals surface area contributed by atoms with Gasteiger partial charge in [-0.1, -0.05) is 48.5 Å². The van der Waals surface area contributed by atoms with E-state index in [1.807, 2.05) is 35.2 Å². The molecule has 0 unspecified atom stereocenters. The summed E-state index contributed by atoms with van der Waals surface area (Å²) in [6.45, 7) is 6.52. The van der Waals surface area contributed by atoms with Crippen molar-refractivity contribution >= 4 is 21.7 Å². The summed E-state index contributed by atoms with van der Waals surface area (Å²) in [5.41, 5.74) is 1.28. The van der Waals surface area contributed by atoms with Gasteiger partial charge in [0.15, 0.2) is 9.84 Å². The first kappa shape index (κ1) is 30.0. The molecule has 1 saturated heterocycles. The Morgan fingerprint density at radius 3 is 2.38 bits per heavy atom. The van der Waals surface area contributed by atoms with Crippen molar-refractivity contribution in [2.45, 2.75) is 75.5 Å². The smallest absolute Gasteiger partial charge is 0.255 e. The molecule has 8 nitrogen and oxygen atoms in total. The fourth-order valence-electron chi connectivity index (χ4n) is 6.46. The second kappa shape index (κ2) is 12.4. The van der Waals surface area contributed by atoms with Gasteiger partial charge in [0.1, 0.15) is 17.6 Å². The maximum atomic E-state index is 13.7. The minimum atomic E-state index is -3.54. The highest BCUT2D eigenvalue weighted by Crippen LogP contribution is 2.36. The van der Waals surface area contributed by atoms with E-state index in [2.05, 4.69) is 31.1 Å². The molecular formula is C33H41N3O5S. The highest BCUT2D eigenvalue weighted by atomic mass is 32.2. The van der Waals surface area contributed by atoms with Gasteiger partial charge in [-0.15, -0.1) is 0 Å². The van der Waals surface area contributed by atoms with E-state index >= 15 is 0 Å². The molecule has 0 bridgehead atoms. The second-order valence-corrected chi connectivity index (χ2v) is 14.0. The van der Waals surface area contributed by atoms with Gasteiger partial charge in [0.05, 0.1) is 16.2 Å². The lowest BCUT2D eigenvalue weighted by molar-refractivity contribution is -0.133. The van der Waals surface area contributed by atoms with Gasteiger partial charge in [0.2, 0.25) is 5.91 Å². The molecule has 2 aromatic carbocycles. The third-order valence-corrected chi connectivity index (χ3v) is 10.9. The van der Waals surface area contributed by atoms with E-state index in [4.69, 9.17) is 4.42 Å². The molecule has 1 saturated carbocycles. The Balaban J connectivity index is 1.32. The van der Waals surface area contributed by atoms with Gasteiger partial charge in [-0.2, -0.15) is 0 Å². The average molecular weight is 592 g/mol. The highest BCUT2D eigenvalue weighted by Gasteiger charge is 2.44. The number of likely N-dealkylation sites (tertiary alicyclic amines) is 1. The molecule has 9 heteroatoms. The molecule has 1 aromatic heterocycles. The van der Waals surface area contributed by atoms with Crippen LogP contribution in [0.5, 0.6) is 0 Å². The minimum absolute atomic E-state index is 0.0125. The van der Waals surface area contributed by atoms with Crippen LogP contribution in [0.2, 0.25) is 0 Å². The summed E-state index contributed by atoms with van der Waals surface area (Å²) in [4.78, 5) is 31.4. The normalized spacial score (nSPS) is 23.1. The van der Waals surface area contributed by atoms with Gasteiger partial charge in [0.25, 0.3) is 5.91 Å². The quantitative estimate of drug-likeness (QED) is 0.379. The van der Waals surface area contributed by atoms with Crippen molar-refractivity contribution in [3.63, 3.8) is 0 Å². The molecule has 0 radical (unpaired) electrons. The van der Waals surface area contributed by atoms with Crippen molar-refractivity contribution in [3.8, 4) is 11.3 Å². The molecule has 2 heterocycles. The molecule has 224 valence electrons. The van der Waals surface area contributed by atoms with Gasteiger partial charge in [-0.3, -0.25) is 9.59 Å². The third kappa shape index (κ3) is 6.32. The summed E-state index contributed by atoms with van der Waals surface area (Å²) in [5, 5.41) is 2.93. The fourth-order valence-corrected chi connectivity index (χ4v) is 8.15. The first-order valence-electron chi connectivity index (χ1n) is 14.8. The van der Waals surface area contributed by atoms with Crippen LogP contribution in [-0.4, -0.2) is 73.5 Å². The zero-order valence-electron chi connectivity index (χ0n) is 24.8. The van der Waals surface area contributed by atoms with Gasteiger partial charge in [0, 0.05) is 30.2 Å². The number of benzene rings is 2. The van der Waals surface area contributed by atoms with E-state index in [-0.39, 0.29) is 35.6 Å². The molecular weight excluding hydrogens is 550 g/mol. The third-order valence-electron chi connectivity index (χ3n) is 9.01. The number of carbonyl (C=O) groups is 2. The monoisotopic (exact) mass is 591 g/mol. The van der Waals surface area contributed by atoms with E-state index in [0.29, 0.717) is 47.4 Å². The summed E-state index contributed by atoms with van der Waals surface area (Å²) >= 11 is 0. The Bertz CT molecular complexity index is 1500. The highest BCUT2D eigenvalue weighted by molar-refractivity contribution is 7.91.